The van der Waals surface area contributed by atoms with E-state index in [4.69, 9.17) is 9.47 Å². The summed E-state index contributed by atoms with van der Waals surface area (Å²) in [4.78, 5) is 49.7. The molecule has 0 radical (unpaired) electrons. The minimum absolute atomic E-state index is 0.374. The Bertz CT molecular complexity index is 1530. The number of hydrogen-bond donors (Lipinski definition) is 0. The van der Waals surface area contributed by atoms with Crippen LogP contribution in [0.25, 0.3) is 10.8 Å². The number of anilines is 2. The molecule has 0 aromatic heterocycles. The van der Waals surface area contributed by atoms with Crippen molar-refractivity contribution < 1.29 is 28.7 Å². The van der Waals surface area contributed by atoms with Crippen molar-refractivity contribution in [2.75, 3.05) is 9.80 Å². The first-order valence-corrected chi connectivity index (χ1v) is 11.7. The summed E-state index contributed by atoms with van der Waals surface area (Å²) in [5, 5.41) is 1.89. The molecule has 0 saturated carbocycles. The molecule has 0 bridgehead atoms. The standard InChI is InChI=1S/C30H18N2O6/c33-27-13-14-28(34)31(27)21-3-9-23(10-4-21)37-25-7-1-19-2-8-26(18-20(19)17-25)38-24-11-5-22(6-12-24)32-29(35)15-16-30(32)36/h1-18H. The summed E-state index contributed by atoms with van der Waals surface area (Å²) >= 11 is 0. The summed E-state index contributed by atoms with van der Waals surface area (Å²) in [5.41, 5.74) is 0.946. The van der Waals surface area contributed by atoms with E-state index in [1.807, 2.05) is 36.4 Å². The fraction of sp³-hybridized carbons (Fsp3) is 0. The Kier molecular flexibility index (Phi) is 5.54. The highest BCUT2D eigenvalue weighted by molar-refractivity contribution is 6.28. The number of nitrogens with zero attached hydrogens (tertiary/aromatic N) is 2. The van der Waals surface area contributed by atoms with Gasteiger partial charge in [-0.2, -0.15) is 0 Å². The summed E-state index contributed by atoms with van der Waals surface area (Å²) in [6, 6.07) is 24.7. The van der Waals surface area contributed by atoms with E-state index in [1.165, 1.54) is 24.3 Å². The normalized spacial score (nSPS) is 14.7. The van der Waals surface area contributed by atoms with Gasteiger partial charge in [0.25, 0.3) is 23.6 Å². The SMILES string of the molecule is O=C1C=CC(=O)N1c1ccc(Oc2ccc3ccc(Oc4ccc(N5C(=O)C=CC5=O)cc4)cc3c2)cc1. The number of ether oxygens (including phenoxy) is 2. The molecule has 4 amide bonds. The zero-order chi connectivity index (χ0) is 26.2. The predicted molar refractivity (Wildman–Crippen MR) is 140 cm³/mol. The van der Waals surface area contributed by atoms with Crippen LogP contribution in [-0.4, -0.2) is 23.6 Å². The van der Waals surface area contributed by atoms with Gasteiger partial charge >= 0.3 is 0 Å². The fourth-order valence-corrected chi connectivity index (χ4v) is 4.24. The Morgan fingerprint density at radius 2 is 0.737 bits per heavy atom. The van der Waals surface area contributed by atoms with Crippen LogP contribution in [-0.2, 0) is 19.2 Å². The van der Waals surface area contributed by atoms with Gasteiger partial charge in [0.15, 0.2) is 0 Å². The van der Waals surface area contributed by atoms with Crippen LogP contribution in [0.4, 0.5) is 11.4 Å². The maximum atomic E-state index is 11.9. The third-order valence-electron chi connectivity index (χ3n) is 6.06. The Hall–Kier alpha value is -5.50. The monoisotopic (exact) mass is 502 g/mol. The molecule has 4 aromatic carbocycles. The molecule has 0 spiro atoms. The van der Waals surface area contributed by atoms with E-state index in [9.17, 15) is 19.2 Å². The fourth-order valence-electron chi connectivity index (χ4n) is 4.24. The van der Waals surface area contributed by atoms with E-state index in [-0.39, 0.29) is 23.6 Å². The maximum absolute atomic E-state index is 11.9. The molecule has 2 aliphatic rings. The van der Waals surface area contributed by atoms with Gasteiger partial charge < -0.3 is 9.47 Å². The Morgan fingerprint density at radius 1 is 0.395 bits per heavy atom. The molecule has 0 fully saturated rings. The molecule has 6 rings (SSSR count). The van der Waals surface area contributed by atoms with Crippen LogP contribution in [0.1, 0.15) is 0 Å². The zero-order valence-electron chi connectivity index (χ0n) is 19.7. The Morgan fingerprint density at radius 3 is 1.11 bits per heavy atom. The van der Waals surface area contributed by atoms with Crippen LogP contribution in [0.15, 0.2) is 109 Å². The molecule has 2 heterocycles. The summed E-state index contributed by atoms with van der Waals surface area (Å²) in [5.74, 6) is 0.825. The highest BCUT2D eigenvalue weighted by Gasteiger charge is 2.25. The van der Waals surface area contributed by atoms with Crippen molar-refractivity contribution in [1.29, 1.82) is 0 Å². The highest BCUT2D eigenvalue weighted by atomic mass is 16.5. The van der Waals surface area contributed by atoms with Crippen LogP contribution in [0.2, 0.25) is 0 Å². The van der Waals surface area contributed by atoms with Crippen LogP contribution in [0, 0.1) is 0 Å². The number of amides is 4. The van der Waals surface area contributed by atoms with E-state index in [2.05, 4.69) is 0 Å². The molecule has 0 unspecified atom stereocenters. The maximum Gasteiger partial charge on any atom is 0.258 e. The quantitative estimate of drug-likeness (QED) is 0.333. The molecule has 0 aliphatic carbocycles. The Balaban J connectivity index is 1.16. The molecule has 8 heteroatoms. The summed E-state index contributed by atoms with van der Waals surface area (Å²) in [6.45, 7) is 0. The molecule has 38 heavy (non-hydrogen) atoms. The lowest BCUT2D eigenvalue weighted by molar-refractivity contribution is -0.121. The van der Waals surface area contributed by atoms with Gasteiger partial charge in [-0.25, -0.2) is 9.80 Å². The van der Waals surface area contributed by atoms with E-state index in [0.29, 0.717) is 34.4 Å². The predicted octanol–water partition coefficient (Wildman–Crippen LogP) is 5.28. The first kappa shape index (κ1) is 22.9. The molecule has 0 atom stereocenters. The summed E-state index contributed by atoms with van der Waals surface area (Å²) < 4.78 is 12.0. The second-order valence-corrected chi connectivity index (χ2v) is 8.55. The molecule has 2 aliphatic heterocycles. The van der Waals surface area contributed by atoms with Gasteiger partial charge in [0.05, 0.1) is 11.4 Å². The van der Waals surface area contributed by atoms with Crippen molar-refractivity contribution in [1.82, 2.24) is 0 Å². The molecular weight excluding hydrogens is 484 g/mol. The lowest BCUT2D eigenvalue weighted by atomic mass is 10.1. The Labute approximate surface area is 216 Å². The summed E-state index contributed by atoms with van der Waals surface area (Å²) in [6.07, 6.45) is 4.97. The zero-order valence-corrected chi connectivity index (χ0v) is 19.7. The van der Waals surface area contributed by atoms with Gasteiger partial charge in [0.1, 0.15) is 23.0 Å². The van der Waals surface area contributed by atoms with Crippen molar-refractivity contribution >= 4 is 45.8 Å². The van der Waals surface area contributed by atoms with Crippen LogP contribution >= 0.6 is 0 Å². The van der Waals surface area contributed by atoms with Crippen LogP contribution in [0.5, 0.6) is 23.0 Å². The van der Waals surface area contributed by atoms with E-state index in [0.717, 1.165) is 20.6 Å². The van der Waals surface area contributed by atoms with Gasteiger partial charge in [-0.05, 0) is 83.6 Å². The number of benzene rings is 4. The van der Waals surface area contributed by atoms with E-state index >= 15 is 0 Å². The van der Waals surface area contributed by atoms with Gasteiger partial charge in [0, 0.05) is 24.3 Å². The van der Waals surface area contributed by atoms with Crippen molar-refractivity contribution in [2.24, 2.45) is 0 Å². The lowest BCUT2D eigenvalue weighted by Gasteiger charge is -2.15. The second-order valence-electron chi connectivity index (χ2n) is 8.55. The van der Waals surface area contributed by atoms with Gasteiger partial charge in [-0.1, -0.05) is 12.1 Å². The number of fused-ring (bicyclic) bond motifs is 1. The first-order chi connectivity index (χ1) is 18.4. The van der Waals surface area contributed by atoms with E-state index < -0.39 is 0 Å². The number of imide groups is 2. The van der Waals surface area contributed by atoms with Gasteiger partial charge in [-0.15, -0.1) is 0 Å². The molecule has 184 valence electrons. The third-order valence-corrected chi connectivity index (χ3v) is 6.06. The smallest absolute Gasteiger partial charge is 0.258 e. The number of carbonyl (C=O) groups excluding carboxylic acids is 4. The third kappa shape index (κ3) is 4.31. The number of carbonyl (C=O) groups is 4. The van der Waals surface area contributed by atoms with E-state index in [1.54, 1.807) is 48.5 Å². The first-order valence-electron chi connectivity index (χ1n) is 11.7. The lowest BCUT2D eigenvalue weighted by Crippen LogP contribution is -2.29. The molecule has 0 N–H and O–H groups in total. The second kappa shape index (κ2) is 9.18. The molecule has 8 nitrogen and oxygen atoms in total. The average Bonchev–Trinajstić information content (AvgIpc) is 3.44. The topological polar surface area (TPSA) is 93.2 Å². The number of hydrogen-bond acceptors (Lipinski definition) is 6. The summed E-state index contributed by atoms with van der Waals surface area (Å²) in [7, 11) is 0. The van der Waals surface area contributed by atoms with Crippen molar-refractivity contribution in [2.45, 2.75) is 0 Å². The van der Waals surface area contributed by atoms with Crippen molar-refractivity contribution in [3.8, 4) is 23.0 Å². The average molecular weight is 502 g/mol. The molecule has 0 saturated heterocycles. The molecular formula is C30H18N2O6. The minimum Gasteiger partial charge on any atom is -0.457 e. The van der Waals surface area contributed by atoms with Crippen LogP contribution in [0.3, 0.4) is 0 Å². The van der Waals surface area contributed by atoms with Gasteiger partial charge in [-0.3, -0.25) is 19.2 Å². The van der Waals surface area contributed by atoms with Crippen molar-refractivity contribution in [3.63, 3.8) is 0 Å². The van der Waals surface area contributed by atoms with Crippen molar-refractivity contribution in [3.05, 3.63) is 109 Å². The highest BCUT2D eigenvalue weighted by Crippen LogP contribution is 2.32. The number of rotatable bonds is 6. The largest absolute Gasteiger partial charge is 0.457 e. The minimum atomic E-state index is -0.374. The van der Waals surface area contributed by atoms with Crippen LogP contribution < -0.4 is 19.3 Å². The van der Waals surface area contributed by atoms with Gasteiger partial charge in [0.2, 0.25) is 0 Å². The molecule has 4 aromatic rings.